The van der Waals surface area contributed by atoms with E-state index in [1.54, 1.807) is 25.1 Å². The van der Waals surface area contributed by atoms with Crippen molar-refractivity contribution in [2.75, 3.05) is 11.5 Å². The van der Waals surface area contributed by atoms with Gasteiger partial charge in [-0.2, -0.15) is 8.42 Å². The average Bonchev–Trinajstić information content (AvgIpc) is 2.88. The average molecular weight is 535 g/mol. The highest BCUT2D eigenvalue weighted by Crippen LogP contribution is 2.28. The van der Waals surface area contributed by atoms with Crippen LogP contribution in [0.3, 0.4) is 0 Å². The molecule has 10 nitrogen and oxygen atoms in total. The second kappa shape index (κ2) is 10.7. The molecule has 1 saturated heterocycles. The number of carbonyl (C=O) groups excluding carboxylic acids is 4. The molecule has 0 bridgehead atoms. The predicted molar refractivity (Wildman–Crippen MR) is 137 cm³/mol. The number of nitrogens with zero attached hydrogens (tertiary/aromatic N) is 1. The van der Waals surface area contributed by atoms with Crippen LogP contribution >= 0.6 is 0 Å². The minimum atomic E-state index is -4.22. The number of esters is 1. The number of anilines is 1. The molecule has 38 heavy (non-hydrogen) atoms. The number of ether oxygens (including phenoxy) is 1. The number of hydrogen-bond acceptors (Lipinski definition) is 8. The van der Waals surface area contributed by atoms with Gasteiger partial charge in [-0.3, -0.25) is 14.9 Å². The summed E-state index contributed by atoms with van der Waals surface area (Å²) in [6, 6.07) is 16.5. The van der Waals surface area contributed by atoms with E-state index in [9.17, 15) is 27.6 Å². The molecule has 1 heterocycles. The molecule has 4 amide bonds. The molecule has 0 aromatic heterocycles. The minimum Gasteiger partial charge on any atom is -0.462 e. The molecule has 1 aliphatic heterocycles. The summed E-state index contributed by atoms with van der Waals surface area (Å²) in [5.74, 6) is -2.60. The number of urea groups is 1. The van der Waals surface area contributed by atoms with E-state index in [0.717, 1.165) is 16.5 Å². The van der Waals surface area contributed by atoms with Gasteiger partial charge in [0, 0.05) is 5.56 Å². The topological polar surface area (TPSA) is 136 Å². The lowest BCUT2D eigenvalue weighted by molar-refractivity contribution is -0.122. The van der Waals surface area contributed by atoms with Crippen LogP contribution < -0.4 is 14.4 Å². The molecule has 1 N–H and O–H groups in total. The van der Waals surface area contributed by atoms with Crippen molar-refractivity contribution in [2.45, 2.75) is 18.7 Å². The van der Waals surface area contributed by atoms with E-state index in [-0.39, 0.29) is 34.1 Å². The fourth-order valence-electron chi connectivity index (χ4n) is 3.56. The number of aryl methyl sites for hydroxylation is 1. The fraction of sp³-hybridized carbons (Fsp3) is 0.111. The van der Waals surface area contributed by atoms with Crippen LogP contribution in [0.2, 0.25) is 0 Å². The maximum Gasteiger partial charge on any atom is 0.339 e. The second-order valence-electron chi connectivity index (χ2n) is 8.11. The molecular formula is C27H22N2O8S. The zero-order valence-corrected chi connectivity index (χ0v) is 21.2. The van der Waals surface area contributed by atoms with Crippen LogP contribution in [0, 0.1) is 6.92 Å². The summed E-state index contributed by atoms with van der Waals surface area (Å²) < 4.78 is 35.9. The zero-order chi connectivity index (χ0) is 27.4. The van der Waals surface area contributed by atoms with Crippen molar-refractivity contribution in [1.82, 2.24) is 5.32 Å². The molecule has 0 unspecified atom stereocenters. The van der Waals surface area contributed by atoms with Gasteiger partial charge in [0.15, 0.2) is 0 Å². The van der Waals surface area contributed by atoms with E-state index in [2.05, 4.69) is 5.32 Å². The standard InChI is InChI=1S/C27H22N2O8S/c1-3-36-26(32)18-10-12-20(13-11-18)29-25(31)22(24(30)28-27(29)33)16-19-6-4-5-7-23(19)37-38(34,35)21-14-8-17(2)9-15-21/h4-16H,3H2,1-2H3,(H,28,30,33)/b22-16+. The van der Waals surface area contributed by atoms with Gasteiger partial charge in [-0.1, -0.05) is 35.9 Å². The zero-order valence-electron chi connectivity index (χ0n) is 20.3. The summed E-state index contributed by atoms with van der Waals surface area (Å²) in [6.07, 6.45) is 1.14. The number of carbonyl (C=O) groups is 4. The number of nitrogens with one attached hydrogen (secondary N) is 1. The Kier molecular flexibility index (Phi) is 7.40. The first-order valence-electron chi connectivity index (χ1n) is 11.4. The first-order valence-corrected chi connectivity index (χ1v) is 12.8. The monoisotopic (exact) mass is 534 g/mol. The Labute approximate surface area is 218 Å². The van der Waals surface area contributed by atoms with Gasteiger partial charge < -0.3 is 8.92 Å². The van der Waals surface area contributed by atoms with Gasteiger partial charge in [-0.05, 0) is 62.4 Å². The summed E-state index contributed by atoms with van der Waals surface area (Å²) in [6.45, 7) is 3.66. The number of benzene rings is 3. The third kappa shape index (κ3) is 5.47. The Morgan fingerprint density at radius 2 is 1.61 bits per heavy atom. The molecular weight excluding hydrogens is 512 g/mol. The fourth-order valence-corrected chi connectivity index (χ4v) is 4.51. The highest BCUT2D eigenvalue weighted by Gasteiger charge is 2.37. The van der Waals surface area contributed by atoms with Gasteiger partial charge in [0.05, 0.1) is 17.9 Å². The molecule has 0 radical (unpaired) electrons. The summed E-state index contributed by atoms with van der Waals surface area (Å²) in [5.41, 5.74) is 0.876. The van der Waals surface area contributed by atoms with Crippen LogP contribution in [0.25, 0.3) is 6.08 Å². The number of imide groups is 2. The van der Waals surface area contributed by atoms with Crippen molar-refractivity contribution in [3.63, 3.8) is 0 Å². The molecule has 0 saturated carbocycles. The molecule has 3 aromatic rings. The lowest BCUT2D eigenvalue weighted by Crippen LogP contribution is -2.54. The number of amides is 4. The lowest BCUT2D eigenvalue weighted by Gasteiger charge is -2.26. The van der Waals surface area contributed by atoms with Crippen LogP contribution in [0.15, 0.2) is 83.3 Å². The highest BCUT2D eigenvalue weighted by molar-refractivity contribution is 7.87. The first-order chi connectivity index (χ1) is 18.1. The van der Waals surface area contributed by atoms with Gasteiger partial charge in [0.1, 0.15) is 16.2 Å². The summed E-state index contributed by atoms with van der Waals surface area (Å²) >= 11 is 0. The van der Waals surface area contributed by atoms with Crippen molar-refractivity contribution >= 4 is 45.7 Å². The van der Waals surface area contributed by atoms with E-state index in [4.69, 9.17) is 8.92 Å². The van der Waals surface area contributed by atoms with Gasteiger partial charge in [-0.15, -0.1) is 0 Å². The molecule has 1 fully saturated rings. The Morgan fingerprint density at radius 3 is 2.26 bits per heavy atom. The van der Waals surface area contributed by atoms with Crippen LogP contribution in [-0.2, 0) is 24.4 Å². The van der Waals surface area contributed by atoms with Gasteiger partial charge >= 0.3 is 22.1 Å². The van der Waals surface area contributed by atoms with Crippen molar-refractivity contribution in [3.05, 3.63) is 95.1 Å². The molecule has 1 aliphatic rings. The third-order valence-electron chi connectivity index (χ3n) is 5.47. The van der Waals surface area contributed by atoms with Crippen molar-refractivity contribution < 1.29 is 36.5 Å². The number of rotatable bonds is 7. The SMILES string of the molecule is CCOC(=O)c1ccc(N2C(=O)NC(=O)/C(=C\c3ccccc3OS(=O)(=O)c3ccc(C)cc3)C2=O)cc1. The van der Waals surface area contributed by atoms with Crippen LogP contribution in [0.1, 0.15) is 28.4 Å². The molecule has 0 aliphatic carbocycles. The van der Waals surface area contributed by atoms with Crippen LogP contribution in [0.4, 0.5) is 10.5 Å². The summed E-state index contributed by atoms with van der Waals surface area (Å²) in [7, 11) is -4.22. The van der Waals surface area contributed by atoms with Crippen LogP contribution in [-0.4, -0.2) is 38.8 Å². The Balaban J connectivity index is 1.66. The maximum atomic E-state index is 13.2. The quantitative estimate of drug-likeness (QED) is 0.210. The first kappa shape index (κ1) is 26.3. The highest BCUT2D eigenvalue weighted by atomic mass is 32.2. The third-order valence-corrected chi connectivity index (χ3v) is 6.71. The smallest absolute Gasteiger partial charge is 0.339 e. The molecule has 3 aromatic carbocycles. The molecule has 0 spiro atoms. The second-order valence-corrected chi connectivity index (χ2v) is 9.66. The van der Waals surface area contributed by atoms with E-state index in [0.29, 0.717) is 0 Å². The largest absolute Gasteiger partial charge is 0.462 e. The molecule has 11 heteroatoms. The number of hydrogen-bond donors (Lipinski definition) is 1. The van der Waals surface area contributed by atoms with Crippen LogP contribution in [0.5, 0.6) is 5.75 Å². The van der Waals surface area contributed by atoms with E-state index >= 15 is 0 Å². The van der Waals surface area contributed by atoms with Crippen molar-refractivity contribution in [3.8, 4) is 5.75 Å². The Hall–Kier alpha value is -4.77. The number of barbiturate groups is 1. The molecule has 194 valence electrons. The minimum absolute atomic E-state index is 0.0694. The van der Waals surface area contributed by atoms with Crippen molar-refractivity contribution in [1.29, 1.82) is 0 Å². The lowest BCUT2D eigenvalue weighted by atomic mass is 10.1. The number of para-hydroxylation sites is 1. The Morgan fingerprint density at radius 1 is 0.947 bits per heavy atom. The summed E-state index contributed by atoms with van der Waals surface area (Å²) in [5, 5.41) is 2.09. The van der Waals surface area contributed by atoms with E-state index in [1.807, 2.05) is 6.92 Å². The van der Waals surface area contributed by atoms with Gasteiger partial charge in [0.25, 0.3) is 11.8 Å². The van der Waals surface area contributed by atoms with Crippen molar-refractivity contribution in [2.24, 2.45) is 0 Å². The van der Waals surface area contributed by atoms with Gasteiger partial charge in [0.2, 0.25) is 0 Å². The van der Waals surface area contributed by atoms with E-state index in [1.165, 1.54) is 54.6 Å². The molecule has 0 atom stereocenters. The maximum absolute atomic E-state index is 13.2. The van der Waals surface area contributed by atoms with E-state index < -0.39 is 39.5 Å². The summed E-state index contributed by atoms with van der Waals surface area (Å²) in [4.78, 5) is 50.9. The normalized spacial score (nSPS) is 14.8. The van der Waals surface area contributed by atoms with Gasteiger partial charge in [-0.25, -0.2) is 14.5 Å². The molecule has 4 rings (SSSR count). The predicted octanol–water partition coefficient (Wildman–Crippen LogP) is 3.61. The Bertz CT molecular complexity index is 1560.